The molecule has 1 aromatic rings. The van der Waals surface area contributed by atoms with Gasteiger partial charge in [0.25, 0.3) is 5.91 Å². The van der Waals surface area contributed by atoms with Crippen molar-refractivity contribution in [1.29, 1.82) is 0 Å². The second-order valence-corrected chi connectivity index (χ2v) is 8.35. The number of carbonyl (C=O) groups excluding carboxylic acids is 2. The van der Waals surface area contributed by atoms with Gasteiger partial charge in [0.1, 0.15) is 12.6 Å². The molecule has 2 fully saturated rings. The molecule has 4 rings (SSSR count). The zero-order valence-corrected chi connectivity index (χ0v) is 16.9. The molecule has 3 heterocycles. The van der Waals surface area contributed by atoms with Crippen LogP contribution >= 0.6 is 0 Å². The molecule has 7 nitrogen and oxygen atoms in total. The zero-order chi connectivity index (χ0) is 19.7. The first kappa shape index (κ1) is 19.2. The number of carbonyl (C=O) groups is 2. The van der Waals surface area contributed by atoms with E-state index in [1.54, 1.807) is 31.1 Å². The van der Waals surface area contributed by atoms with E-state index >= 15 is 0 Å². The summed E-state index contributed by atoms with van der Waals surface area (Å²) < 4.78 is 6.14. The fourth-order valence-electron chi connectivity index (χ4n) is 4.18. The van der Waals surface area contributed by atoms with Gasteiger partial charge in [0.05, 0.1) is 11.3 Å². The van der Waals surface area contributed by atoms with Crippen LogP contribution in [0, 0.1) is 0 Å². The third-order valence-electron chi connectivity index (χ3n) is 6.26. The van der Waals surface area contributed by atoms with Crippen molar-refractivity contribution in [3.05, 3.63) is 23.4 Å². The highest BCUT2D eigenvalue weighted by Crippen LogP contribution is 2.29. The predicted octanol–water partition coefficient (Wildman–Crippen LogP) is 1.56. The summed E-state index contributed by atoms with van der Waals surface area (Å²) >= 11 is 0. The van der Waals surface area contributed by atoms with Crippen LogP contribution in [0.4, 0.5) is 0 Å². The minimum Gasteiger partial charge on any atom is -0.474 e. The van der Waals surface area contributed by atoms with Crippen molar-refractivity contribution < 1.29 is 14.3 Å². The molecule has 1 aromatic heterocycles. The Bertz CT molecular complexity index is 739. The second kappa shape index (κ2) is 8.07. The number of likely N-dealkylation sites (N-methyl/N-ethyl adjacent to an activating group) is 1. The van der Waals surface area contributed by atoms with Crippen LogP contribution < -0.4 is 4.74 Å². The number of piperidine rings is 1. The molecular formula is C21H30N4O3. The normalized spacial score (nSPS) is 21.2. The molecule has 0 unspecified atom stereocenters. The summed E-state index contributed by atoms with van der Waals surface area (Å²) in [6.07, 6.45) is 7.00. The van der Waals surface area contributed by atoms with Crippen LogP contribution in [0.2, 0.25) is 0 Å². The number of rotatable bonds is 5. The summed E-state index contributed by atoms with van der Waals surface area (Å²) in [5.41, 5.74) is 1.37. The molecular weight excluding hydrogens is 356 g/mol. The maximum Gasteiger partial charge on any atom is 0.256 e. The van der Waals surface area contributed by atoms with Crippen molar-refractivity contribution >= 4 is 11.8 Å². The molecule has 3 aliphatic rings. The number of hydrogen-bond donors (Lipinski definition) is 0. The Hall–Kier alpha value is -2.15. The first-order valence-electron chi connectivity index (χ1n) is 10.4. The van der Waals surface area contributed by atoms with Gasteiger partial charge in [-0.3, -0.25) is 9.59 Å². The lowest BCUT2D eigenvalue weighted by atomic mass is 9.90. The van der Waals surface area contributed by atoms with Crippen LogP contribution in [0.15, 0.2) is 12.1 Å². The lowest BCUT2D eigenvalue weighted by Gasteiger charge is -2.41. The Morgan fingerprint density at radius 2 is 1.93 bits per heavy atom. The number of aromatic nitrogens is 1. The van der Waals surface area contributed by atoms with E-state index in [4.69, 9.17) is 4.74 Å². The Morgan fingerprint density at radius 1 is 1.18 bits per heavy atom. The number of nitrogens with zero attached hydrogens (tertiary/aromatic N) is 4. The van der Waals surface area contributed by atoms with Gasteiger partial charge in [0, 0.05) is 52.3 Å². The molecule has 0 atom stereocenters. The molecule has 1 saturated heterocycles. The maximum absolute atomic E-state index is 12.7. The number of likely N-dealkylation sites (tertiary alicyclic amines) is 1. The van der Waals surface area contributed by atoms with Gasteiger partial charge in [-0.15, -0.1) is 0 Å². The first-order valence-corrected chi connectivity index (χ1v) is 10.4. The number of pyridine rings is 1. The molecule has 0 bridgehead atoms. The van der Waals surface area contributed by atoms with Crippen LogP contribution in [0.5, 0.6) is 5.88 Å². The largest absolute Gasteiger partial charge is 0.474 e. The van der Waals surface area contributed by atoms with Crippen molar-refractivity contribution in [2.75, 3.05) is 40.3 Å². The van der Waals surface area contributed by atoms with E-state index in [0.29, 0.717) is 24.4 Å². The van der Waals surface area contributed by atoms with Crippen LogP contribution in [-0.2, 0) is 11.2 Å². The van der Waals surface area contributed by atoms with E-state index in [2.05, 4.69) is 9.88 Å². The van der Waals surface area contributed by atoms with Gasteiger partial charge >= 0.3 is 0 Å². The molecule has 1 aliphatic carbocycles. The fraction of sp³-hybridized carbons (Fsp3) is 0.667. The highest BCUT2D eigenvalue weighted by molar-refractivity contribution is 5.98. The molecule has 0 radical (unpaired) electrons. The number of hydrogen-bond acceptors (Lipinski definition) is 5. The van der Waals surface area contributed by atoms with Crippen LogP contribution in [0.3, 0.4) is 0 Å². The number of amides is 2. The van der Waals surface area contributed by atoms with Crippen LogP contribution in [0.25, 0.3) is 0 Å². The van der Waals surface area contributed by atoms with E-state index in [1.807, 2.05) is 0 Å². The molecule has 0 aromatic carbocycles. The molecule has 152 valence electrons. The Balaban J connectivity index is 1.34. The van der Waals surface area contributed by atoms with Gasteiger partial charge in [0.2, 0.25) is 11.8 Å². The van der Waals surface area contributed by atoms with E-state index in [-0.39, 0.29) is 24.5 Å². The summed E-state index contributed by atoms with van der Waals surface area (Å²) in [7, 11) is 3.40. The number of ether oxygens (including phenoxy) is 1. The Morgan fingerprint density at radius 3 is 2.57 bits per heavy atom. The second-order valence-electron chi connectivity index (χ2n) is 8.35. The predicted molar refractivity (Wildman–Crippen MR) is 105 cm³/mol. The Kier molecular flexibility index (Phi) is 5.53. The minimum atomic E-state index is -0.121. The van der Waals surface area contributed by atoms with Crippen molar-refractivity contribution in [3.8, 4) is 5.88 Å². The van der Waals surface area contributed by atoms with Gasteiger partial charge in [-0.2, -0.15) is 0 Å². The minimum absolute atomic E-state index is 0.0713. The van der Waals surface area contributed by atoms with Gasteiger partial charge in [-0.1, -0.05) is 6.42 Å². The van der Waals surface area contributed by atoms with Gasteiger partial charge in [0.15, 0.2) is 0 Å². The quantitative estimate of drug-likeness (QED) is 0.768. The molecule has 0 N–H and O–H groups in total. The summed E-state index contributed by atoms with van der Waals surface area (Å²) in [5, 5.41) is 0. The molecule has 1 saturated carbocycles. The Labute approximate surface area is 166 Å². The molecule has 2 amide bonds. The van der Waals surface area contributed by atoms with Gasteiger partial charge in [-0.25, -0.2) is 4.98 Å². The average molecular weight is 386 g/mol. The van der Waals surface area contributed by atoms with Gasteiger partial charge in [-0.05, 0) is 31.7 Å². The van der Waals surface area contributed by atoms with Crippen molar-refractivity contribution in [2.24, 2.45) is 0 Å². The third kappa shape index (κ3) is 3.99. The highest BCUT2D eigenvalue weighted by atomic mass is 16.5. The molecule has 7 heteroatoms. The summed E-state index contributed by atoms with van der Waals surface area (Å²) in [4.78, 5) is 34.9. The summed E-state index contributed by atoms with van der Waals surface area (Å²) in [6.45, 7) is 2.84. The highest BCUT2D eigenvalue weighted by Gasteiger charge is 2.30. The monoisotopic (exact) mass is 386 g/mol. The lowest BCUT2D eigenvalue weighted by molar-refractivity contribution is -0.129. The van der Waals surface area contributed by atoms with E-state index in [0.717, 1.165) is 37.7 Å². The summed E-state index contributed by atoms with van der Waals surface area (Å²) in [5.74, 6) is 0.425. The summed E-state index contributed by atoms with van der Waals surface area (Å²) in [6, 6.07) is 4.40. The van der Waals surface area contributed by atoms with E-state index in [9.17, 15) is 9.59 Å². The average Bonchev–Trinajstić information content (AvgIpc) is 2.64. The van der Waals surface area contributed by atoms with E-state index in [1.165, 1.54) is 24.2 Å². The van der Waals surface area contributed by atoms with Gasteiger partial charge < -0.3 is 19.4 Å². The maximum atomic E-state index is 12.7. The number of fused-ring (bicyclic) bond motifs is 1. The first-order chi connectivity index (χ1) is 13.5. The molecule has 28 heavy (non-hydrogen) atoms. The van der Waals surface area contributed by atoms with Crippen LogP contribution in [-0.4, -0.2) is 83.9 Å². The van der Waals surface area contributed by atoms with Crippen molar-refractivity contribution in [1.82, 2.24) is 19.7 Å². The SMILES string of the molecule is CN(C)C(=O)CN1CCc2nc(OC3CCN(C4CCC4)CC3)ccc2C1=O. The van der Waals surface area contributed by atoms with E-state index < -0.39 is 0 Å². The zero-order valence-electron chi connectivity index (χ0n) is 16.9. The lowest BCUT2D eigenvalue weighted by Crippen LogP contribution is -2.47. The molecule has 2 aliphatic heterocycles. The van der Waals surface area contributed by atoms with Crippen molar-refractivity contribution in [2.45, 2.75) is 50.7 Å². The standard InChI is InChI=1S/C21H30N4O3/c1-23(2)20(26)14-25-13-10-18-17(21(25)27)6-7-19(22-18)28-16-8-11-24(12-9-16)15-4-3-5-15/h6-7,15-16H,3-5,8-14H2,1-2H3. The van der Waals surface area contributed by atoms with Crippen molar-refractivity contribution in [3.63, 3.8) is 0 Å². The molecule has 0 spiro atoms. The topological polar surface area (TPSA) is 66.0 Å². The smallest absolute Gasteiger partial charge is 0.256 e. The van der Waals surface area contributed by atoms with Crippen LogP contribution in [0.1, 0.15) is 48.2 Å². The third-order valence-corrected chi connectivity index (χ3v) is 6.26. The fourth-order valence-corrected chi connectivity index (χ4v) is 4.18.